The SMILES string of the molecule is COCCOCCCOc1ccc(CNC2CC2)c(C)n1. The number of aryl methyl sites for hydroxylation is 1. The number of pyridine rings is 1. The molecule has 2 rings (SSSR count). The van der Waals surface area contributed by atoms with E-state index in [2.05, 4.69) is 16.4 Å². The molecule has 0 aromatic carbocycles. The van der Waals surface area contributed by atoms with Gasteiger partial charge in [-0.2, -0.15) is 0 Å². The summed E-state index contributed by atoms with van der Waals surface area (Å²) in [5.41, 5.74) is 2.29. The van der Waals surface area contributed by atoms with Crippen LogP contribution in [0.4, 0.5) is 0 Å². The molecule has 0 bridgehead atoms. The van der Waals surface area contributed by atoms with E-state index in [0.29, 0.717) is 32.3 Å². The van der Waals surface area contributed by atoms with Crippen LogP contribution in [0.2, 0.25) is 0 Å². The second-order valence-electron chi connectivity index (χ2n) is 5.36. The highest BCUT2D eigenvalue weighted by atomic mass is 16.5. The molecule has 1 heterocycles. The molecule has 0 spiro atoms. The van der Waals surface area contributed by atoms with Gasteiger partial charge in [0, 0.05) is 44.5 Å². The maximum absolute atomic E-state index is 5.64. The summed E-state index contributed by atoms with van der Waals surface area (Å²) in [6, 6.07) is 4.77. The first kappa shape index (κ1) is 16.2. The van der Waals surface area contributed by atoms with Crippen LogP contribution in [0.3, 0.4) is 0 Å². The summed E-state index contributed by atoms with van der Waals surface area (Å²) in [7, 11) is 1.67. The van der Waals surface area contributed by atoms with Crippen LogP contribution in [0.5, 0.6) is 5.88 Å². The van der Waals surface area contributed by atoms with Gasteiger partial charge in [0.25, 0.3) is 0 Å². The van der Waals surface area contributed by atoms with Crippen molar-refractivity contribution >= 4 is 0 Å². The Morgan fingerprint density at radius 1 is 1.19 bits per heavy atom. The molecule has 1 N–H and O–H groups in total. The monoisotopic (exact) mass is 294 g/mol. The molecule has 118 valence electrons. The van der Waals surface area contributed by atoms with Gasteiger partial charge < -0.3 is 19.5 Å². The molecule has 0 radical (unpaired) electrons. The molecule has 21 heavy (non-hydrogen) atoms. The maximum Gasteiger partial charge on any atom is 0.213 e. The van der Waals surface area contributed by atoms with Crippen molar-refractivity contribution in [3.8, 4) is 5.88 Å². The predicted molar refractivity (Wildman–Crippen MR) is 81.6 cm³/mol. The van der Waals surface area contributed by atoms with Crippen molar-refractivity contribution in [1.82, 2.24) is 10.3 Å². The third kappa shape index (κ3) is 6.42. The number of methoxy groups -OCH3 is 1. The summed E-state index contributed by atoms with van der Waals surface area (Å²) in [5.74, 6) is 0.694. The molecule has 1 aliphatic rings. The second-order valence-corrected chi connectivity index (χ2v) is 5.36. The van der Waals surface area contributed by atoms with Crippen LogP contribution < -0.4 is 10.1 Å². The highest BCUT2D eigenvalue weighted by Crippen LogP contribution is 2.20. The fourth-order valence-corrected chi connectivity index (χ4v) is 1.96. The minimum atomic E-state index is 0.624. The van der Waals surface area contributed by atoms with Crippen LogP contribution in [0.15, 0.2) is 12.1 Å². The van der Waals surface area contributed by atoms with Gasteiger partial charge in [-0.15, -0.1) is 0 Å². The minimum absolute atomic E-state index is 0.624. The molecular weight excluding hydrogens is 268 g/mol. The number of hydrogen-bond acceptors (Lipinski definition) is 5. The van der Waals surface area contributed by atoms with Crippen molar-refractivity contribution in [2.75, 3.05) is 33.5 Å². The summed E-state index contributed by atoms with van der Waals surface area (Å²) in [5, 5.41) is 3.50. The van der Waals surface area contributed by atoms with E-state index in [1.165, 1.54) is 18.4 Å². The Morgan fingerprint density at radius 2 is 2.05 bits per heavy atom. The number of nitrogens with zero attached hydrogens (tertiary/aromatic N) is 1. The highest BCUT2D eigenvalue weighted by molar-refractivity contribution is 5.25. The average molecular weight is 294 g/mol. The van der Waals surface area contributed by atoms with Crippen LogP contribution >= 0.6 is 0 Å². The molecule has 0 aliphatic heterocycles. The van der Waals surface area contributed by atoms with Gasteiger partial charge in [-0.3, -0.25) is 0 Å². The zero-order chi connectivity index (χ0) is 14.9. The molecule has 0 amide bonds. The number of nitrogens with one attached hydrogen (secondary N) is 1. The lowest BCUT2D eigenvalue weighted by Gasteiger charge is -2.10. The van der Waals surface area contributed by atoms with E-state index in [9.17, 15) is 0 Å². The molecular formula is C16H26N2O3. The Bertz CT molecular complexity index is 422. The molecule has 1 fully saturated rings. The normalized spacial score (nSPS) is 14.4. The van der Waals surface area contributed by atoms with Crippen molar-refractivity contribution in [3.63, 3.8) is 0 Å². The van der Waals surface area contributed by atoms with E-state index in [1.807, 2.05) is 13.0 Å². The van der Waals surface area contributed by atoms with Crippen LogP contribution in [0, 0.1) is 6.92 Å². The Morgan fingerprint density at radius 3 is 2.76 bits per heavy atom. The Labute approximate surface area is 127 Å². The zero-order valence-electron chi connectivity index (χ0n) is 13.1. The van der Waals surface area contributed by atoms with E-state index in [1.54, 1.807) is 7.11 Å². The average Bonchev–Trinajstić information content (AvgIpc) is 3.29. The van der Waals surface area contributed by atoms with E-state index < -0.39 is 0 Å². The van der Waals surface area contributed by atoms with E-state index in [4.69, 9.17) is 14.2 Å². The van der Waals surface area contributed by atoms with Gasteiger partial charge in [0.15, 0.2) is 0 Å². The first-order chi connectivity index (χ1) is 10.3. The fraction of sp³-hybridized carbons (Fsp3) is 0.688. The lowest BCUT2D eigenvalue weighted by molar-refractivity contribution is 0.0642. The molecule has 0 atom stereocenters. The maximum atomic E-state index is 5.64. The van der Waals surface area contributed by atoms with Crippen molar-refractivity contribution in [3.05, 3.63) is 23.4 Å². The van der Waals surface area contributed by atoms with Gasteiger partial charge in [0.05, 0.1) is 19.8 Å². The third-order valence-electron chi connectivity index (χ3n) is 3.44. The van der Waals surface area contributed by atoms with Gasteiger partial charge in [-0.05, 0) is 25.3 Å². The first-order valence-electron chi connectivity index (χ1n) is 7.69. The van der Waals surface area contributed by atoms with Gasteiger partial charge >= 0.3 is 0 Å². The number of hydrogen-bond donors (Lipinski definition) is 1. The molecule has 1 saturated carbocycles. The second kappa shape index (κ2) is 8.97. The van der Waals surface area contributed by atoms with Gasteiger partial charge in [0.1, 0.15) is 0 Å². The summed E-state index contributed by atoms with van der Waals surface area (Å²) >= 11 is 0. The lowest BCUT2D eigenvalue weighted by atomic mass is 10.2. The minimum Gasteiger partial charge on any atom is -0.478 e. The molecule has 1 aliphatic carbocycles. The quantitative estimate of drug-likeness (QED) is 0.633. The largest absolute Gasteiger partial charge is 0.478 e. The van der Waals surface area contributed by atoms with Crippen molar-refractivity contribution in [2.24, 2.45) is 0 Å². The number of rotatable bonds is 11. The van der Waals surface area contributed by atoms with Crippen LogP contribution in [-0.4, -0.2) is 44.6 Å². The molecule has 0 saturated heterocycles. The summed E-state index contributed by atoms with van der Waals surface area (Å²) in [6.45, 7) is 5.51. The van der Waals surface area contributed by atoms with Gasteiger partial charge in [0.2, 0.25) is 5.88 Å². The van der Waals surface area contributed by atoms with Crippen LogP contribution in [0.1, 0.15) is 30.5 Å². The summed E-state index contributed by atoms with van der Waals surface area (Å²) < 4.78 is 15.9. The van der Waals surface area contributed by atoms with Crippen molar-refractivity contribution in [1.29, 1.82) is 0 Å². The van der Waals surface area contributed by atoms with E-state index >= 15 is 0 Å². The number of ether oxygens (including phenoxy) is 3. The molecule has 1 aromatic rings. The van der Waals surface area contributed by atoms with E-state index in [0.717, 1.165) is 24.7 Å². The van der Waals surface area contributed by atoms with Crippen LogP contribution in [0.25, 0.3) is 0 Å². The Balaban J connectivity index is 1.62. The van der Waals surface area contributed by atoms with Gasteiger partial charge in [-0.1, -0.05) is 6.07 Å². The summed E-state index contributed by atoms with van der Waals surface area (Å²) in [6.07, 6.45) is 3.47. The first-order valence-corrected chi connectivity index (χ1v) is 7.69. The molecule has 5 heteroatoms. The van der Waals surface area contributed by atoms with Crippen molar-refractivity contribution < 1.29 is 14.2 Å². The highest BCUT2D eigenvalue weighted by Gasteiger charge is 2.20. The summed E-state index contributed by atoms with van der Waals surface area (Å²) in [4.78, 5) is 4.50. The lowest BCUT2D eigenvalue weighted by Crippen LogP contribution is -2.16. The molecule has 1 aromatic heterocycles. The Kier molecular flexibility index (Phi) is 6.92. The molecule has 5 nitrogen and oxygen atoms in total. The van der Waals surface area contributed by atoms with Crippen molar-refractivity contribution in [2.45, 2.75) is 38.8 Å². The van der Waals surface area contributed by atoms with Gasteiger partial charge in [-0.25, -0.2) is 4.98 Å². The standard InChI is InChI=1S/C16H26N2O3/c1-13-14(12-17-15-5-6-15)4-7-16(18-13)21-9-3-8-20-11-10-19-2/h4,7,15,17H,3,5-6,8-12H2,1-2H3. The number of aromatic nitrogens is 1. The Hall–Kier alpha value is -1.17. The smallest absolute Gasteiger partial charge is 0.213 e. The molecule has 0 unspecified atom stereocenters. The predicted octanol–water partition coefficient (Wildman–Crippen LogP) is 2.07. The topological polar surface area (TPSA) is 52.6 Å². The fourth-order valence-electron chi connectivity index (χ4n) is 1.96. The zero-order valence-corrected chi connectivity index (χ0v) is 13.1. The van der Waals surface area contributed by atoms with Crippen LogP contribution in [-0.2, 0) is 16.0 Å². The third-order valence-corrected chi connectivity index (χ3v) is 3.44. The van der Waals surface area contributed by atoms with E-state index in [-0.39, 0.29) is 0 Å².